The van der Waals surface area contributed by atoms with Crippen molar-refractivity contribution < 1.29 is 4.79 Å². The maximum Gasteiger partial charge on any atom is 0.287 e. The maximum absolute atomic E-state index is 11.9. The number of rotatable bonds is 3. The Bertz CT molecular complexity index is 761. The first-order valence-electron chi connectivity index (χ1n) is 5.54. The van der Waals surface area contributed by atoms with Gasteiger partial charge in [0.2, 0.25) is 5.91 Å². The van der Waals surface area contributed by atoms with Gasteiger partial charge in [0.25, 0.3) is 5.56 Å². The molecule has 1 heterocycles. The first-order valence-corrected chi connectivity index (χ1v) is 7.05. The molecule has 1 aromatic heterocycles. The van der Waals surface area contributed by atoms with Gasteiger partial charge in [-0.2, -0.15) is 5.10 Å². The SMILES string of the molecule is O=C(Cn1ncc(Cl)c(Cl)c1=O)Nc1ccc(Cl)c(Cl)c1. The molecule has 0 aliphatic heterocycles. The second-order valence-corrected chi connectivity index (χ2v) is 5.55. The molecule has 2 aromatic rings. The number of carbonyl (C=O) groups is 1. The highest BCUT2D eigenvalue weighted by Gasteiger charge is 2.11. The molecule has 5 nitrogen and oxygen atoms in total. The topological polar surface area (TPSA) is 64.0 Å². The zero-order chi connectivity index (χ0) is 15.6. The van der Waals surface area contributed by atoms with Crippen LogP contribution in [0, 0.1) is 0 Å². The van der Waals surface area contributed by atoms with E-state index in [-0.39, 0.29) is 16.6 Å². The van der Waals surface area contributed by atoms with E-state index < -0.39 is 11.5 Å². The molecule has 0 aliphatic carbocycles. The first kappa shape index (κ1) is 16.1. The Morgan fingerprint density at radius 3 is 2.52 bits per heavy atom. The minimum absolute atomic E-state index is 0.0304. The molecule has 0 fully saturated rings. The predicted molar refractivity (Wildman–Crippen MR) is 83.6 cm³/mol. The summed E-state index contributed by atoms with van der Waals surface area (Å²) in [5, 5.41) is 6.82. The smallest absolute Gasteiger partial charge is 0.287 e. The van der Waals surface area contributed by atoms with Crippen molar-refractivity contribution in [1.82, 2.24) is 9.78 Å². The van der Waals surface area contributed by atoms with Gasteiger partial charge in [-0.05, 0) is 18.2 Å². The fraction of sp³-hybridized carbons (Fsp3) is 0.0833. The van der Waals surface area contributed by atoms with Crippen molar-refractivity contribution in [2.24, 2.45) is 0 Å². The van der Waals surface area contributed by atoms with Gasteiger partial charge in [-0.1, -0.05) is 46.4 Å². The second kappa shape index (κ2) is 6.66. The summed E-state index contributed by atoms with van der Waals surface area (Å²) in [5.74, 6) is -0.471. The van der Waals surface area contributed by atoms with Crippen LogP contribution in [0.3, 0.4) is 0 Å². The molecule has 0 radical (unpaired) electrons. The van der Waals surface area contributed by atoms with Gasteiger partial charge in [-0.3, -0.25) is 9.59 Å². The molecule has 0 saturated heterocycles. The van der Waals surface area contributed by atoms with Crippen LogP contribution < -0.4 is 10.9 Å². The minimum Gasteiger partial charge on any atom is -0.324 e. The molecule has 21 heavy (non-hydrogen) atoms. The van der Waals surface area contributed by atoms with E-state index >= 15 is 0 Å². The van der Waals surface area contributed by atoms with E-state index in [1.165, 1.54) is 12.3 Å². The van der Waals surface area contributed by atoms with Crippen molar-refractivity contribution in [1.29, 1.82) is 0 Å². The number of amides is 1. The summed E-state index contributed by atoms with van der Waals surface area (Å²) < 4.78 is 0.904. The molecule has 0 saturated carbocycles. The molecule has 1 amide bonds. The quantitative estimate of drug-likeness (QED) is 0.904. The maximum atomic E-state index is 11.9. The molecule has 0 atom stereocenters. The number of carbonyl (C=O) groups excluding carboxylic acids is 1. The number of halogens is 4. The Hall–Kier alpha value is -1.27. The van der Waals surface area contributed by atoms with Gasteiger partial charge in [-0.15, -0.1) is 0 Å². The molecule has 0 bridgehead atoms. The number of aromatic nitrogens is 2. The summed E-state index contributed by atoms with van der Waals surface area (Å²) in [6, 6.07) is 4.62. The highest BCUT2D eigenvalue weighted by Crippen LogP contribution is 2.24. The number of hydrogen-bond donors (Lipinski definition) is 1. The van der Waals surface area contributed by atoms with Gasteiger partial charge in [0.15, 0.2) is 0 Å². The number of anilines is 1. The molecule has 110 valence electrons. The molecule has 0 spiro atoms. The van der Waals surface area contributed by atoms with Crippen molar-refractivity contribution in [2.75, 3.05) is 5.32 Å². The minimum atomic E-state index is -0.645. The third kappa shape index (κ3) is 3.89. The average Bonchev–Trinajstić information content (AvgIpc) is 2.44. The van der Waals surface area contributed by atoms with Crippen LogP contribution in [-0.4, -0.2) is 15.7 Å². The fourth-order valence-electron chi connectivity index (χ4n) is 1.47. The van der Waals surface area contributed by atoms with E-state index in [2.05, 4.69) is 10.4 Å². The van der Waals surface area contributed by atoms with Crippen molar-refractivity contribution in [3.05, 3.63) is 54.8 Å². The van der Waals surface area contributed by atoms with E-state index in [4.69, 9.17) is 46.4 Å². The Morgan fingerprint density at radius 1 is 1.14 bits per heavy atom. The van der Waals surface area contributed by atoms with E-state index in [0.717, 1.165) is 4.68 Å². The average molecular weight is 367 g/mol. The summed E-state index contributed by atoms with van der Waals surface area (Å²) in [6.45, 7) is -0.310. The van der Waals surface area contributed by atoms with Gasteiger partial charge in [-0.25, -0.2) is 4.68 Å². The molecule has 0 unspecified atom stereocenters. The van der Waals surface area contributed by atoms with E-state index in [1.807, 2.05) is 0 Å². The number of benzene rings is 1. The van der Waals surface area contributed by atoms with Gasteiger partial charge >= 0.3 is 0 Å². The Kier molecular flexibility index (Phi) is 5.11. The van der Waals surface area contributed by atoms with E-state index in [9.17, 15) is 9.59 Å². The highest BCUT2D eigenvalue weighted by molar-refractivity contribution is 6.42. The third-order valence-electron chi connectivity index (χ3n) is 2.44. The molecule has 1 aromatic carbocycles. The van der Waals surface area contributed by atoms with Crippen LogP contribution in [0.2, 0.25) is 20.1 Å². The van der Waals surface area contributed by atoms with Crippen LogP contribution >= 0.6 is 46.4 Å². The van der Waals surface area contributed by atoms with Crippen molar-refractivity contribution >= 4 is 58.0 Å². The van der Waals surface area contributed by atoms with Crippen LogP contribution in [0.4, 0.5) is 5.69 Å². The lowest BCUT2D eigenvalue weighted by molar-refractivity contribution is -0.117. The van der Waals surface area contributed by atoms with Gasteiger partial charge in [0.1, 0.15) is 11.6 Å². The van der Waals surface area contributed by atoms with Gasteiger partial charge in [0, 0.05) is 5.69 Å². The lowest BCUT2D eigenvalue weighted by Gasteiger charge is -2.08. The molecular weight excluding hydrogens is 360 g/mol. The van der Waals surface area contributed by atoms with Gasteiger partial charge < -0.3 is 5.32 Å². The second-order valence-electron chi connectivity index (χ2n) is 3.95. The Morgan fingerprint density at radius 2 is 1.86 bits per heavy atom. The van der Waals surface area contributed by atoms with Crippen molar-refractivity contribution in [3.8, 4) is 0 Å². The Balaban J connectivity index is 2.14. The van der Waals surface area contributed by atoms with Crippen LogP contribution in [0.15, 0.2) is 29.2 Å². The zero-order valence-corrected chi connectivity index (χ0v) is 13.3. The normalized spacial score (nSPS) is 10.5. The van der Waals surface area contributed by atoms with E-state index in [0.29, 0.717) is 15.7 Å². The lowest BCUT2D eigenvalue weighted by Crippen LogP contribution is -2.29. The summed E-state index contributed by atoms with van der Waals surface area (Å²) in [5.41, 5.74) is -0.198. The Labute approximate surface area is 139 Å². The fourth-order valence-corrected chi connectivity index (χ4v) is 2.04. The third-order valence-corrected chi connectivity index (χ3v) is 3.93. The van der Waals surface area contributed by atoms with Crippen LogP contribution in [0.25, 0.3) is 0 Å². The monoisotopic (exact) mass is 365 g/mol. The molecular formula is C12H7Cl4N3O2. The lowest BCUT2D eigenvalue weighted by atomic mass is 10.3. The van der Waals surface area contributed by atoms with Crippen molar-refractivity contribution in [3.63, 3.8) is 0 Å². The summed E-state index contributed by atoms with van der Waals surface area (Å²) >= 11 is 23.0. The number of nitrogens with zero attached hydrogens (tertiary/aromatic N) is 2. The largest absolute Gasteiger partial charge is 0.324 e. The predicted octanol–water partition coefficient (Wildman–Crippen LogP) is 3.50. The first-order chi connectivity index (χ1) is 9.88. The van der Waals surface area contributed by atoms with Crippen LogP contribution in [-0.2, 0) is 11.3 Å². The number of hydrogen-bond acceptors (Lipinski definition) is 3. The van der Waals surface area contributed by atoms with Crippen molar-refractivity contribution in [2.45, 2.75) is 6.54 Å². The van der Waals surface area contributed by atoms with E-state index in [1.54, 1.807) is 12.1 Å². The highest BCUT2D eigenvalue weighted by atomic mass is 35.5. The molecule has 9 heteroatoms. The summed E-state index contributed by atoms with van der Waals surface area (Å²) in [4.78, 5) is 23.6. The summed E-state index contributed by atoms with van der Waals surface area (Å²) in [7, 11) is 0. The van der Waals surface area contributed by atoms with Gasteiger partial charge in [0.05, 0.1) is 21.3 Å². The molecule has 2 rings (SSSR count). The number of nitrogens with one attached hydrogen (secondary N) is 1. The van der Waals surface area contributed by atoms with Crippen LogP contribution in [0.1, 0.15) is 0 Å². The zero-order valence-electron chi connectivity index (χ0n) is 10.2. The van der Waals surface area contributed by atoms with Crippen LogP contribution in [0.5, 0.6) is 0 Å². The molecule has 1 N–H and O–H groups in total. The summed E-state index contributed by atoms with van der Waals surface area (Å²) in [6.07, 6.45) is 1.19. The standard InChI is InChI=1S/C12H7Cl4N3O2/c13-7-2-1-6(3-8(7)14)18-10(20)5-19-12(21)11(16)9(15)4-17-19/h1-4H,5H2,(H,18,20). The molecule has 0 aliphatic rings.